The predicted octanol–water partition coefficient (Wildman–Crippen LogP) is 2.20. The maximum absolute atomic E-state index is 9.37. The number of aliphatic hydroxyl groups excluding tert-OH is 1. The molecule has 0 aromatic carbocycles. The first-order valence-electron chi connectivity index (χ1n) is 5.39. The molecule has 0 aliphatic rings. The van der Waals surface area contributed by atoms with Crippen LogP contribution in [0.5, 0.6) is 0 Å². The van der Waals surface area contributed by atoms with E-state index in [4.69, 9.17) is 0 Å². The third kappa shape index (κ3) is 3.18. The second-order valence-corrected chi connectivity index (χ2v) is 6.22. The molecule has 1 N–H and O–H groups in total. The molecule has 18 heavy (non-hydrogen) atoms. The summed E-state index contributed by atoms with van der Waals surface area (Å²) in [5.74, 6) is 0. The summed E-state index contributed by atoms with van der Waals surface area (Å²) in [6.45, 7) is 1.70. The maximum Gasteiger partial charge on any atom is 0.208 e. The van der Waals surface area contributed by atoms with Gasteiger partial charge >= 0.3 is 0 Å². The van der Waals surface area contributed by atoms with E-state index in [0.717, 1.165) is 14.4 Å². The van der Waals surface area contributed by atoms with E-state index >= 15 is 0 Å². The minimum absolute atomic E-state index is 0.536. The Kier molecular flexibility index (Phi) is 4.15. The number of pyridine rings is 1. The summed E-state index contributed by atoms with van der Waals surface area (Å²) < 4.78 is 0.880. The average molecular weight is 282 g/mol. The van der Waals surface area contributed by atoms with Crippen molar-refractivity contribution in [3.8, 4) is 0 Å². The minimum Gasteiger partial charge on any atom is -0.387 e. The van der Waals surface area contributed by atoms with Crippen LogP contribution in [0.15, 0.2) is 27.6 Å². The van der Waals surface area contributed by atoms with Crippen LogP contribution in [-0.4, -0.2) is 34.4 Å². The molecule has 5 nitrogen and oxygen atoms in total. The van der Waals surface area contributed by atoms with Crippen LogP contribution < -0.4 is 4.90 Å². The van der Waals surface area contributed by atoms with Gasteiger partial charge in [0.25, 0.3) is 0 Å². The van der Waals surface area contributed by atoms with E-state index in [2.05, 4.69) is 15.2 Å². The zero-order valence-electron chi connectivity index (χ0n) is 10.4. The fourth-order valence-electron chi connectivity index (χ4n) is 1.22. The van der Waals surface area contributed by atoms with Crippen molar-refractivity contribution < 1.29 is 5.11 Å². The van der Waals surface area contributed by atoms with Gasteiger partial charge in [-0.05, 0) is 19.1 Å². The molecule has 1 atom stereocenters. The summed E-state index contributed by atoms with van der Waals surface area (Å²) in [6, 6.07) is 3.75. The number of anilines is 1. The van der Waals surface area contributed by atoms with E-state index in [9.17, 15) is 5.11 Å². The minimum atomic E-state index is -0.536. The van der Waals surface area contributed by atoms with Gasteiger partial charge in [-0.25, -0.2) is 0 Å². The third-order valence-corrected chi connectivity index (χ3v) is 4.29. The molecule has 0 saturated heterocycles. The molecule has 2 heterocycles. The lowest BCUT2D eigenvalue weighted by molar-refractivity contribution is 0.194. The number of aliphatic hydroxyl groups is 1. The molecule has 1 unspecified atom stereocenters. The Bertz CT molecular complexity index is 510. The first-order chi connectivity index (χ1) is 8.56. The molecule has 0 radical (unpaired) electrons. The highest BCUT2D eigenvalue weighted by molar-refractivity contribution is 8.01. The quantitative estimate of drug-likeness (QED) is 0.927. The predicted molar refractivity (Wildman–Crippen MR) is 73.2 cm³/mol. The van der Waals surface area contributed by atoms with Crippen LogP contribution in [0, 0.1) is 0 Å². The smallest absolute Gasteiger partial charge is 0.208 e. The summed E-state index contributed by atoms with van der Waals surface area (Å²) in [5, 5.41) is 18.4. The molecule has 96 valence electrons. The van der Waals surface area contributed by atoms with E-state index in [-0.39, 0.29) is 0 Å². The van der Waals surface area contributed by atoms with Gasteiger partial charge in [-0.1, -0.05) is 23.1 Å². The lowest BCUT2D eigenvalue weighted by Gasteiger charge is -2.04. The van der Waals surface area contributed by atoms with Crippen molar-refractivity contribution in [2.24, 2.45) is 0 Å². The van der Waals surface area contributed by atoms with E-state index in [0.29, 0.717) is 5.69 Å². The van der Waals surface area contributed by atoms with Crippen molar-refractivity contribution in [1.82, 2.24) is 15.2 Å². The molecule has 7 heteroatoms. The number of rotatable bonds is 4. The van der Waals surface area contributed by atoms with Crippen molar-refractivity contribution in [1.29, 1.82) is 0 Å². The summed E-state index contributed by atoms with van der Waals surface area (Å²) in [5.41, 5.74) is 0.672. The summed E-state index contributed by atoms with van der Waals surface area (Å²) >= 11 is 3.06. The van der Waals surface area contributed by atoms with E-state index in [1.165, 1.54) is 23.1 Å². The topological polar surface area (TPSA) is 62.1 Å². The fraction of sp³-hybridized carbons (Fsp3) is 0.364. The van der Waals surface area contributed by atoms with Crippen LogP contribution >= 0.6 is 23.1 Å². The first kappa shape index (κ1) is 13.3. The molecule has 0 aliphatic heterocycles. The second kappa shape index (κ2) is 5.64. The van der Waals surface area contributed by atoms with Crippen molar-refractivity contribution in [2.75, 3.05) is 19.0 Å². The van der Waals surface area contributed by atoms with Crippen LogP contribution in [0.2, 0.25) is 0 Å². The highest BCUT2D eigenvalue weighted by atomic mass is 32.2. The van der Waals surface area contributed by atoms with Gasteiger partial charge in [0.15, 0.2) is 4.34 Å². The van der Waals surface area contributed by atoms with Crippen molar-refractivity contribution in [3.05, 3.63) is 24.0 Å². The summed E-state index contributed by atoms with van der Waals surface area (Å²) in [6.07, 6.45) is 1.20. The Morgan fingerprint density at radius 3 is 2.61 bits per heavy atom. The van der Waals surface area contributed by atoms with Crippen LogP contribution in [0.1, 0.15) is 18.7 Å². The number of nitrogens with zero attached hydrogens (tertiary/aromatic N) is 4. The van der Waals surface area contributed by atoms with E-state index < -0.39 is 6.10 Å². The highest BCUT2D eigenvalue weighted by Crippen LogP contribution is 2.32. The molecule has 0 amide bonds. The van der Waals surface area contributed by atoms with Gasteiger partial charge in [-0.15, -0.1) is 10.2 Å². The number of hydrogen-bond acceptors (Lipinski definition) is 7. The van der Waals surface area contributed by atoms with Crippen LogP contribution in [0.3, 0.4) is 0 Å². The van der Waals surface area contributed by atoms with Gasteiger partial charge < -0.3 is 10.0 Å². The van der Waals surface area contributed by atoms with Crippen molar-refractivity contribution in [3.63, 3.8) is 0 Å². The van der Waals surface area contributed by atoms with Crippen LogP contribution in [0.25, 0.3) is 0 Å². The lowest BCUT2D eigenvalue weighted by Crippen LogP contribution is -2.07. The molecule has 0 fully saturated rings. The Morgan fingerprint density at radius 2 is 2.11 bits per heavy atom. The van der Waals surface area contributed by atoms with Gasteiger partial charge in [0.1, 0.15) is 0 Å². The Balaban J connectivity index is 2.08. The number of hydrogen-bond donors (Lipinski definition) is 1. The lowest BCUT2D eigenvalue weighted by atomic mass is 10.2. The molecule has 2 aromatic heterocycles. The maximum atomic E-state index is 9.37. The average Bonchev–Trinajstić information content (AvgIpc) is 2.78. The Hall–Kier alpha value is -1.18. The molecule has 0 aliphatic carbocycles. The fourth-order valence-corrected chi connectivity index (χ4v) is 2.93. The Labute approximate surface area is 114 Å². The molecule has 2 rings (SSSR count). The molecular weight excluding hydrogens is 268 g/mol. The molecule has 0 bridgehead atoms. The van der Waals surface area contributed by atoms with Crippen molar-refractivity contribution in [2.45, 2.75) is 22.3 Å². The highest BCUT2D eigenvalue weighted by Gasteiger charge is 2.08. The third-order valence-electron chi connectivity index (χ3n) is 2.17. The molecular formula is C11H14N4OS2. The van der Waals surface area contributed by atoms with Gasteiger partial charge in [-0.2, -0.15) is 0 Å². The van der Waals surface area contributed by atoms with Gasteiger partial charge in [0, 0.05) is 25.2 Å². The zero-order valence-corrected chi connectivity index (χ0v) is 12.0. The normalized spacial score (nSPS) is 12.4. The van der Waals surface area contributed by atoms with E-state index in [1.54, 1.807) is 13.1 Å². The number of aromatic nitrogens is 3. The SMILES string of the molecule is CC(O)c1ccc(Sc2nnc(N(C)C)s2)cn1. The summed E-state index contributed by atoms with van der Waals surface area (Å²) in [4.78, 5) is 7.11. The van der Waals surface area contributed by atoms with Crippen molar-refractivity contribution >= 4 is 28.2 Å². The molecule has 0 spiro atoms. The van der Waals surface area contributed by atoms with Gasteiger partial charge in [0.2, 0.25) is 5.13 Å². The first-order valence-corrected chi connectivity index (χ1v) is 7.02. The monoisotopic (exact) mass is 282 g/mol. The molecule has 2 aromatic rings. The van der Waals surface area contributed by atoms with Gasteiger partial charge in [0.05, 0.1) is 11.8 Å². The summed E-state index contributed by atoms with van der Waals surface area (Å²) in [7, 11) is 3.88. The Morgan fingerprint density at radius 1 is 1.33 bits per heavy atom. The molecule has 0 saturated carbocycles. The van der Waals surface area contributed by atoms with Crippen LogP contribution in [-0.2, 0) is 0 Å². The zero-order chi connectivity index (χ0) is 13.1. The van der Waals surface area contributed by atoms with E-state index in [1.807, 2.05) is 31.1 Å². The standard InChI is InChI=1S/C11H14N4OS2/c1-7(16)9-5-4-8(6-12-9)17-11-14-13-10(18-11)15(2)3/h4-7,16H,1-3H3. The largest absolute Gasteiger partial charge is 0.387 e. The van der Waals surface area contributed by atoms with Gasteiger partial charge in [-0.3, -0.25) is 4.98 Å². The second-order valence-electron chi connectivity index (χ2n) is 3.94. The van der Waals surface area contributed by atoms with Crippen LogP contribution in [0.4, 0.5) is 5.13 Å².